The van der Waals surface area contributed by atoms with Crippen molar-refractivity contribution in [3.05, 3.63) is 36.9 Å². The lowest BCUT2D eigenvalue weighted by molar-refractivity contribution is 0.441. The summed E-state index contributed by atoms with van der Waals surface area (Å²) in [5.41, 5.74) is 0. The molecule has 2 N–H and O–H groups in total. The summed E-state index contributed by atoms with van der Waals surface area (Å²) < 4.78 is 48.3. The van der Waals surface area contributed by atoms with Crippen LogP contribution in [-0.2, 0) is 20.0 Å². The van der Waals surface area contributed by atoms with Crippen LogP contribution < -0.4 is 5.14 Å². The quantitative estimate of drug-likeness (QED) is 0.756. The lowest BCUT2D eigenvalue weighted by Gasteiger charge is -2.20. The number of rotatable bonds is 7. The lowest BCUT2D eigenvalue weighted by Crippen LogP contribution is -2.32. The molecule has 1 aromatic rings. The fourth-order valence-corrected chi connectivity index (χ4v) is 3.67. The molecule has 0 aliphatic carbocycles. The van der Waals surface area contributed by atoms with E-state index in [1.807, 2.05) is 6.92 Å². The summed E-state index contributed by atoms with van der Waals surface area (Å²) in [7, 11) is -7.49. The molecule has 0 aliphatic rings. The normalized spacial score (nSPS) is 12.6. The number of nitrogens with two attached hydrogens (primary N) is 1. The molecule has 0 aliphatic heterocycles. The number of hydrogen-bond acceptors (Lipinski definition) is 4. The van der Waals surface area contributed by atoms with Crippen LogP contribution in [0.1, 0.15) is 13.3 Å². The minimum atomic E-state index is -3.83. The van der Waals surface area contributed by atoms with Gasteiger partial charge in [-0.25, -0.2) is 22.0 Å². The van der Waals surface area contributed by atoms with Gasteiger partial charge in [0.05, 0.1) is 9.79 Å². The second-order valence-corrected chi connectivity index (χ2v) is 7.67. The Bertz CT molecular complexity index is 664. The Morgan fingerprint density at radius 1 is 1.15 bits per heavy atom. The third-order valence-corrected chi connectivity index (χ3v) is 5.40. The van der Waals surface area contributed by atoms with Gasteiger partial charge in [-0.1, -0.05) is 13.0 Å². The topological polar surface area (TPSA) is 97.5 Å². The minimum absolute atomic E-state index is 0.0280. The van der Waals surface area contributed by atoms with Crippen molar-refractivity contribution in [1.29, 1.82) is 0 Å². The molecule has 0 bridgehead atoms. The monoisotopic (exact) mass is 318 g/mol. The highest BCUT2D eigenvalue weighted by Crippen LogP contribution is 2.18. The van der Waals surface area contributed by atoms with Crippen molar-refractivity contribution in [2.24, 2.45) is 5.14 Å². The highest BCUT2D eigenvalue weighted by atomic mass is 32.2. The van der Waals surface area contributed by atoms with E-state index in [2.05, 4.69) is 6.58 Å². The number of sulfonamides is 2. The second-order valence-electron chi connectivity index (χ2n) is 4.17. The molecule has 1 aromatic carbocycles. The van der Waals surface area contributed by atoms with Crippen molar-refractivity contribution in [2.45, 2.75) is 23.1 Å². The van der Waals surface area contributed by atoms with Crippen LogP contribution in [-0.4, -0.2) is 34.2 Å². The molecule has 0 fully saturated rings. The van der Waals surface area contributed by atoms with Gasteiger partial charge < -0.3 is 0 Å². The maximum Gasteiger partial charge on any atom is 0.243 e. The Morgan fingerprint density at radius 2 is 1.65 bits per heavy atom. The van der Waals surface area contributed by atoms with Gasteiger partial charge in [0.15, 0.2) is 0 Å². The Hall–Kier alpha value is -1.22. The number of nitrogens with zero attached hydrogens (tertiary/aromatic N) is 1. The first-order valence-electron chi connectivity index (χ1n) is 5.97. The average molecular weight is 318 g/mol. The van der Waals surface area contributed by atoms with Gasteiger partial charge in [0.2, 0.25) is 20.0 Å². The van der Waals surface area contributed by atoms with Crippen LogP contribution >= 0.6 is 0 Å². The molecule has 112 valence electrons. The molecule has 0 spiro atoms. The number of benzene rings is 1. The van der Waals surface area contributed by atoms with Crippen LogP contribution in [0.25, 0.3) is 0 Å². The van der Waals surface area contributed by atoms with E-state index < -0.39 is 20.0 Å². The van der Waals surface area contributed by atoms with Crippen molar-refractivity contribution < 1.29 is 16.8 Å². The number of hydrogen-bond donors (Lipinski definition) is 1. The summed E-state index contributed by atoms with van der Waals surface area (Å²) in [5.74, 6) is 0. The zero-order valence-corrected chi connectivity index (χ0v) is 12.8. The first-order valence-corrected chi connectivity index (χ1v) is 8.96. The van der Waals surface area contributed by atoms with E-state index >= 15 is 0 Å². The Labute approximate surface area is 120 Å². The van der Waals surface area contributed by atoms with Gasteiger partial charge in [0, 0.05) is 13.1 Å². The van der Waals surface area contributed by atoms with Crippen molar-refractivity contribution >= 4 is 20.0 Å². The predicted octanol–water partition coefficient (Wildman–Crippen LogP) is 0.921. The fourth-order valence-electron chi connectivity index (χ4n) is 1.65. The van der Waals surface area contributed by atoms with Crippen LogP contribution in [0.5, 0.6) is 0 Å². The molecule has 1 rings (SSSR count). The molecule has 0 unspecified atom stereocenters. The number of primary sulfonamides is 1. The fraction of sp³-hybridized carbons (Fsp3) is 0.333. The van der Waals surface area contributed by atoms with Crippen molar-refractivity contribution in [3.63, 3.8) is 0 Å². The molecule has 6 nitrogen and oxygen atoms in total. The van der Waals surface area contributed by atoms with Gasteiger partial charge in [0.1, 0.15) is 0 Å². The second kappa shape index (κ2) is 6.49. The van der Waals surface area contributed by atoms with Crippen LogP contribution in [0.15, 0.2) is 46.7 Å². The summed E-state index contributed by atoms with van der Waals surface area (Å²) in [6, 6.07) is 4.84. The maximum absolute atomic E-state index is 12.4. The van der Waals surface area contributed by atoms with Gasteiger partial charge in [-0.3, -0.25) is 0 Å². The van der Waals surface area contributed by atoms with Crippen LogP contribution in [0.2, 0.25) is 0 Å². The third-order valence-electron chi connectivity index (χ3n) is 2.60. The summed E-state index contributed by atoms with van der Waals surface area (Å²) in [6.07, 6.45) is 2.17. The Morgan fingerprint density at radius 3 is 2.05 bits per heavy atom. The van der Waals surface area contributed by atoms with E-state index in [4.69, 9.17) is 5.14 Å². The largest absolute Gasteiger partial charge is 0.243 e. The average Bonchev–Trinajstić information content (AvgIpc) is 2.37. The zero-order chi connectivity index (χ0) is 15.4. The van der Waals surface area contributed by atoms with E-state index in [-0.39, 0.29) is 16.3 Å². The lowest BCUT2D eigenvalue weighted by atomic mass is 10.4. The van der Waals surface area contributed by atoms with Crippen molar-refractivity contribution in [2.75, 3.05) is 13.1 Å². The first kappa shape index (κ1) is 16.8. The molecule has 0 radical (unpaired) electrons. The highest BCUT2D eigenvalue weighted by Gasteiger charge is 2.23. The molecular formula is C12H18N2O4S2. The highest BCUT2D eigenvalue weighted by molar-refractivity contribution is 7.89. The van der Waals surface area contributed by atoms with Gasteiger partial charge in [-0.05, 0) is 30.7 Å². The molecule has 0 atom stereocenters. The van der Waals surface area contributed by atoms with Gasteiger partial charge in [0.25, 0.3) is 0 Å². The summed E-state index contributed by atoms with van der Waals surface area (Å²) in [6.45, 7) is 5.97. The maximum atomic E-state index is 12.4. The van der Waals surface area contributed by atoms with Crippen LogP contribution in [0.3, 0.4) is 0 Å². The summed E-state index contributed by atoms with van der Waals surface area (Å²) in [5, 5.41) is 4.97. The molecule has 0 saturated carbocycles. The Balaban J connectivity index is 3.18. The smallest absolute Gasteiger partial charge is 0.225 e. The third kappa shape index (κ3) is 3.89. The molecule has 0 saturated heterocycles. The predicted molar refractivity (Wildman–Crippen MR) is 77.1 cm³/mol. The Kier molecular flexibility index (Phi) is 5.46. The molecule has 0 aromatic heterocycles. The minimum Gasteiger partial charge on any atom is -0.225 e. The molecule has 0 amide bonds. The van der Waals surface area contributed by atoms with E-state index in [1.54, 1.807) is 0 Å². The zero-order valence-electron chi connectivity index (χ0n) is 11.2. The molecular weight excluding hydrogens is 300 g/mol. The molecule has 0 heterocycles. The van der Waals surface area contributed by atoms with E-state index in [0.717, 1.165) is 0 Å². The molecule has 8 heteroatoms. The van der Waals surface area contributed by atoms with Gasteiger partial charge >= 0.3 is 0 Å². The van der Waals surface area contributed by atoms with E-state index in [9.17, 15) is 16.8 Å². The SMILES string of the molecule is C=CCN(CCC)S(=O)(=O)c1ccc(S(N)(=O)=O)cc1. The molecule has 20 heavy (non-hydrogen) atoms. The van der Waals surface area contributed by atoms with Crippen molar-refractivity contribution in [3.8, 4) is 0 Å². The van der Waals surface area contributed by atoms with Crippen LogP contribution in [0.4, 0.5) is 0 Å². The van der Waals surface area contributed by atoms with E-state index in [1.165, 1.54) is 34.6 Å². The van der Waals surface area contributed by atoms with E-state index in [0.29, 0.717) is 13.0 Å². The first-order chi connectivity index (χ1) is 9.23. The standard InChI is InChI=1S/C12H18N2O4S2/c1-3-9-14(10-4-2)20(17,18)12-7-5-11(6-8-12)19(13,15)16/h3,5-8H,1,4,9-10H2,2H3,(H2,13,15,16). The van der Waals surface area contributed by atoms with Crippen LogP contribution in [0, 0.1) is 0 Å². The summed E-state index contributed by atoms with van der Waals surface area (Å²) >= 11 is 0. The van der Waals surface area contributed by atoms with Gasteiger partial charge in [-0.15, -0.1) is 6.58 Å². The summed E-state index contributed by atoms with van der Waals surface area (Å²) in [4.78, 5) is -0.0950. The van der Waals surface area contributed by atoms with Crippen molar-refractivity contribution in [1.82, 2.24) is 4.31 Å². The van der Waals surface area contributed by atoms with Gasteiger partial charge in [-0.2, -0.15) is 4.31 Å².